The molecule has 0 saturated heterocycles. The predicted octanol–water partition coefficient (Wildman–Crippen LogP) is 8.58. The SMILES string of the molecule is C=CC1=CCC(Cn2c3ccccc3c3cc4c5ccccc5n(-c5ccccc5)c4cc32)C=C1. The van der Waals surface area contributed by atoms with E-state index in [0.717, 1.165) is 13.0 Å². The Labute approximate surface area is 204 Å². The van der Waals surface area contributed by atoms with Crippen molar-refractivity contribution in [3.8, 4) is 5.69 Å². The smallest absolute Gasteiger partial charge is 0.0562 e. The summed E-state index contributed by atoms with van der Waals surface area (Å²) in [6, 6.07) is 33.1. The zero-order chi connectivity index (χ0) is 23.4. The maximum absolute atomic E-state index is 3.92. The first kappa shape index (κ1) is 20.1. The molecule has 1 unspecified atom stereocenters. The zero-order valence-corrected chi connectivity index (χ0v) is 19.6. The van der Waals surface area contributed by atoms with Gasteiger partial charge in [-0.3, -0.25) is 0 Å². The summed E-state index contributed by atoms with van der Waals surface area (Å²) in [4.78, 5) is 0. The van der Waals surface area contributed by atoms with Gasteiger partial charge in [-0.1, -0.05) is 85.5 Å². The highest BCUT2D eigenvalue weighted by Crippen LogP contribution is 2.38. The number of para-hydroxylation sites is 3. The van der Waals surface area contributed by atoms with Crippen molar-refractivity contribution in [3.63, 3.8) is 0 Å². The van der Waals surface area contributed by atoms with Crippen molar-refractivity contribution >= 4 is 43.6 Å². The summed E-state index contributed by atoms with van der Waals surface area (Å²) >= 11 is 0. The van der Waals surface area contributed by atoms with Crippen LogP contribution in [0.25, 0.3) is 49.3 Å². The van der Waals surface area contributed by atoms with Crippen LogP contribution in [0.2, 0.25) is 0 Å². The van der Waals surface area contributed by atoms with Crippen LogP contribution in [-0.2, 0) is 6.54 Å². The van der Waals surface area contributed by atoms with Gasteiger partial charge < -0.3 is 9.13 Å². The maximum atomic E-state index is 3.92. The van der Waals surface area contributed by atoms with Gasteiger partial charge in [-0.05, 0) is 54.3 Å². The molecular weight excluding hydrogens is 424 g/mol. The molecule has 0 amide bonds. The largest absolute Gasteiger partial charge is 0.340 e. The average molecular weight is 451 g/mol. The summed E-state index contributed by atoms with van der Waals surface area (Å²) in [7, 11) is 0. The van der Waals surface area contributed by atoms with Gasteiger partial charge >= 0.3 is 0 Å². The predicted molar refractivity (Wildman–Crippen MR) is 149 cm³/mol. The number of fused-ring (bicyclic) bond motifs is 6. The summed E-state index contributed by atoms with van der Waals surface area (Å²) in [5.74, 6) is 0.466. The molecule has 6 aromatic rings. The quantitative estimate of drug-likeness (QED) is 0.254. The Kier molecular flexibility index (Phi) is 4.53. The normalized spacial score (nSPS) is 15.9. The highest BCUT2D eigenvalue weighted by atomic mass is 15.0. The van der Waals surface area contributed by atoms with E-state index in [9.17, 15) is 0 Å². The third-order valence-electron chi connectivity index (χ3n) is 7.45. The molecule has 2 heterocycles. The van der Waals surface area contributed by atoms with Crippen molar-refractivity contribution in [1.29, 1.82) is 0 Å². The molecule has 0 saturated carbocycles. The number of benzene rings is 4. The molecule has 0 fully saturated rings. The fraction of sp³-hybridized carbons (Fsp3) is 0.0909. The van der Waals surface area contributed by atoms with Gasteiger partial charge in [0.25, 0.3) is 0 Å². The molecule has 2 heteroatoms. The van der Waals surface area contributed by atoms with Gasteiger partial charge in [0.2, 0.25) is 0 Å². The van der Waals surface area contributed by atoms with Gasteiger partial charge in [0.1, 0.15) is 0 Å². The molecule has 0 N–H and O–H groups in total. The Hall–Kier alpha value is -4.30. The molecule has 35 heavy (non-hydrogen) atoms. The summed E-state index contributed by atoms with van der Waals surface area (Å²) in [5, 5.41) is 5.24. The monoisotopic (exact) mass is 450 g/mol. The van der Waals surface area contributed by atoms with Crippen LogP contribution in [-0.4, -0.2) is 9.13 Å². The minimum Gasteiger partial charge on any atom is -0.340 e. The minimum absolute atomic E-state index is 0.466. The molecular formula is C33H26N2. The van der Waals surface area contributed by atoms with Gasteiger partial charge in [0.15, 0.2) is 0 Å². The van der Waals surface area contributed by atoms with Gasteiger partial charge in [0, 0.05) is 39.3 Å². The molecule has 0 spiro atoms. The second-order valence-corrected chi connectivity index (χ2v) is 9.47. The Morgan fingerprint density at radius 1 is 0.714 bits per heavy atom. The average Bonchev–Trinajstić information content (AvgIpc) is 3.41. The molecule has 7 rings (SSSR count). The lowest BCUT2D eigenvalue weighted by Gasteiger charge is -2.18. The number of rotatable bonds is 4. The summed E-state index contributed by atoms with van der Waals surface area (Å²) in [6.07, 6.45) is 9.83. The maximum Gasteiger partial charge on any atom is 0.0562 e. The lowest BCUT2D eigenvalue weighted by molar-refractivity contribution is 0.553. The Balaban J connectivity index is 1.52. The first-order valence-corrected chi connectivity index (χ1v) is 12.3. The molecule has 2 aromatic heterocycles. The Bertz CT molecular complexity index is 1810. The molecule has 0 bridgehead atoms. The fourth-order valence-corrected chi connectivity index (χ4v) is 5.76. The van der Waals surface area contributed by atoms with E-state index >= 15 is 0 Å². The number of aromatic nitrogens is 2. The highest BCUT2D eigenvalue weighted by molar-refractivity contribution is 6.18. The molecule has 0 radical (unpaired) electrons. The second-order valence-electron chi connectivity index (χ2n) is 9.47. The number of allylic oxidation sites excluding steroid dienone is 5. The van der Waals surface area contributed by atoms with E-state index in [1.165, 1.54) is 54.9 Å². The standard InChI is InChI=1S/C33H26N2/c1-2-23-16-18-24(19-17-23)22-34-30-14-8-6-12-26(30)28-20-29-27-13-7-9-15-31(27)35(33(29)21-32(28)34)25-10-4-3-5-11-25/h2-18,20-21,24H,1,19,22H2. The van der Waals surface area contributed by atoms with Crippen molar-refractivity contribution in [1.82, 2.24) is 9.13 Å². The van der Waals surface area contributed by atoms with Crippen LogP contribution in [0.15, 0.2) is 127 Å². The van der Waals surface area contributed by atoms with E-state index in [1.54, 1.807) is 0 Å². The van der Waals surface area contributed by atoms with E-state index in [0.29, 0.717) is 5.92 Å². The van der Waals surface area contributed by atoms with Gasteiger partial charge in [-0.25, -0.2) is 0 Å². The number of hydrogen-bond acceptors (Lipinski definition) is 0. The van der Waals surface area contributed by atoms with Crippen molar-refractivity contribution < 1.29 is 0 Å². The van der Waals surface area contributed by atoms with Crippen LogP contribution in [0.5, 0.6) is 0 Å². The van der Waals surface area contributed by atoms with Crippen molar-refractivity contribution in [2.45, 2.75) is 13.0 Å². The molecule has 4 aromatic carbocycles. The van der Waals surface area contributed by atoms with E-state index < -0.39 is 0 Å². The van der Waals surface area contributed by atoms with Crippen LogP contribution < -0.4 is 0 Å². The van der Waals surface area contributed by atoms with Crippen LogP contribution in [0.3, 0.4) is 0 Å². The first-order valence-electron chi connectivity index (χ1n) is 12.3. The van der Waals surface area contributed by atoms with Crippen molar-refractivity contribution in [3.05, 3.63) is 127 Å². The zero-order valence-electron chi connectivity index (χ0n) is 19.6. The fourth-order valence-electron chi connectivity index (χ4n) is 5.76. The van der Waals surface area contributed by atoms with Crippen LogP contribution in [0, 0.1) is 5.92 Å². The molecule has 2 nitrogen and oxygen atoms in total. The second kappa shape index (κ2) is 7.89. The van der Waals surface area contributed by atoms with E-state index in [2.05, 4.69) is 125 Å². The van der Waals surface area contributed by atoms with Crippen molar-refractivity contribution in [2.75, 3.05) is 0 Å². The Morgan fingerprint density at radius 3 is 2.14 bits per heavy atom. The molecule has 0 aliphatic heterocycles. The molecule has 1 aliphatic rings. The molecule has 1 atom stereocenters. The molecule has 168 valence electrons. The van der Waals surface area contributed by atoms with Crippen LogP contribution in [0.1, 0.15) is 6.42 Å². The summed E-state index contributed by atoms with van der Waals surface area (Å²) in [5.41, 5.74) is 7.51. The van der Waals surface area contributed by atoms with Crippen LogP contribution >= 0.6 is 0 Å². The lowest BCUT2D eigenvalue weighted by Crippen LogP contribution is -2.10. The van der Waals surface area contributed by atoms with E-state index in [1.807, 2.05) is 6.08 Å². The van der Waals surface area contributed by atoms with Crippen molar-refractivity contribution in [2.24, 2.45) is 5.92 Å². The third-order valence-corrected chi connectivity index (χ3v) is 7.45. The lowest BCUT2D eigenvalue weighted by atomic mass is 9.96. The minimum atomic E-state index is 0.466. The Morgan fingerprint density at radius 2 is 1.40 bits per heavy atom. The summed E-state index contributed by atoms with van der Waals surface area (Å²) in [6.45, 7) is 4.88. The highest BCUT2D eigenvalue weighted by Gasteiger charge is 2.19. The number of nitrogens with zero attached hydrogens (tertiary/aromatic N) is 2. The summed E-state index contributed by atoms with van der Waals surface area (Å²) < 4.78 is 4.94. The third kappa shape index (κ3) is 3.10. The van der Waals surface area contributed by atoms with E-state index in [4.69, 9.17) is 0 Å². The molecule has 1 aliphatic carbocycles. The van der Waals surface area contributed by atoms with Gasteiger partial charge in [-0.2, -0.15) is 0 Å². The van der Waals surface area contributed by atoms with Crippen LogP contribution in [0.4, 0.5) is 0 Å². The van der Waals surface area contributed by atoms with E-state index in [-0.39, 0.29) is 0 Å². The number of hydrogen-bond donors (Lipinski definition) is 0. The first-order chi connectivity index (χ1) is 17.3. The topological polar surface area (TPSA) is 9.86 Å². The van der Waals surface area contributed by atoms with Gasteiger partial charge in [0.05, 0.1) is 16.6 Å². The van der Waals surface area contributed by atoms with Gasteiger partial charge in [-0.15, -0.1) is 0 Å².